The Bertz CT molecular complexity index is 602. The van der Waals surface area contributed by atoms with E-state index < -0.39 is 6.36 Å². The van der Waals surface area contributed by atoms with Crippen molar-refractivity contribution in [3.8, 4) is 16.9 Å². The summed E-state index contributed by atoms with van der Waals surface area (Å²) in [4.78, 5) is 3.97. The molecule has 0 saturated heterocycles. The number of anilines is 1. The van der Waals surface area contributed by atoms with E-state index >= 15 is 0 Å². The monoisotopic (exact) mass is 380 g/mol. The average molecular weight is 380 g/mol. The summed E-state index contributed by atoms with van der Waals surface area (Å²) < 4.78 is 41.0. The van der Waals surface area contributed by atoms with Gasteiger partial charge in [-0.25, -0.2) is 4.98 Å². The van der Waals surface area contributed by atoms with Crippen molar-refractivity contribution in [3.63, 3.8) is 0 Å². The fourth-order valence-electron chi connectivity index (χ4n) is 1.48. The second-order valence-electron chi connectivity index (χ2n) is 3.67. The Labute approximate surface area is 120 Å². The molecule has 1 aromatic carbocycles. The first-order valence-electron chi connectivity index (χ1n) is 5.12. The van der Waals surface area contributed by atoms with Crippen molar-refractivity contribution in [1.82, 2.24) is 4.98 Å². The van der Waals surface area contributed by atoms with Gasteiger partial charge in [0.05, 0.1) is 3.57 Å². The number of alkyl halides is 3. The van der Waals surface area contributed by atoms with Crippen LogP contribution in [0.25, 0.3) is 11.1 Å². The highest BCUT2D eigenvalue weighted by atomic mass is 127. The number of nitrogen functional groups attached to an aromatic ring is 1. The van der Waals surface area contributed by atoms with Crippen molar-refractivity contribution < 1.29 is 17.9 Å². The zero-order valence-electron chi connectivity index (χ0n) is 9.41. The molecular weight excluding hydrogens is 372 g/mol. The van der Waals surface area contributed by atoms with Crippen molar-refractivity contribution in [1.29, 1.82) is 0 Å². The summed E-state index contributed by atoms with van der Waals surface area (Å²) in [5.41, 5.74) is 6.84. The molecule has 0 spiro atoms. The van der Waals surface area contributed by atoms with Crippen molar-refractivity contribution in [2.24, 2.45) is 0 Å². The minimum Gasteiger partial charge on any atom is -0.406 e. The lowest BCUT2D eigenvalue weighted by atomic mass is 10.1. The normalized spacial score (nSPS) is 11.4. The molecule has 0 bridgehead atoms. The molecule has 0 radical (unpaired) electrons. The van der Waals surface area contributed by atoms with Crippen LogP contribution in [0, 0.1) is 3.57 Å². The Kier molecular flexibility index (Phi) is 3.83. The molecule has 2 rings (SSSR count). The first-order chi connectivity index (χ1) is 8.85. The number of nitrogens with zero attached hydrogens (tertiary/aromatic N) is 1. The van der Waals surface area contributed by atoms with Crippen LogP contribution in [0.4, 0.5) is 19.0 Å². The lowest BCUT2D eigenvalue weighted by Crippen LogP contribution is -2.17. The topological polar surface area (TPSA) is 48.1 Å². The highest BCUT2D eigenvalue weighted by Gasteiger charge is 2.31. The van der Waals surface area contributed by atoms with E-state index in [4.69, 9.17) is 5.73 Å². The maximum absolute atomic E-state index is 12.1. The Balaban J connectivity index is 2.35. The van der Waals surface area contributed by atoms with Gasteiger partial charge in [-0.2, -0.15) is 0 Å². The van der Waals surface area contributed by atoms with Crippen molar-refractivity contribution in [2.75, 3.05) is 5.73 Å². The van der Waals surface area contributed by atoms with Gasteiger partial charge in [-0.15, -0.1) is 13.2 Å². The fraction of sp³-hybridized carbons (Fsp3) is 0.0833. The average Bonchev–Trinajstić information content (AvgIpc) is 2.31. The number of aromatic nitrogens is 1. The van der Waals surface area contributed by atoms with Crippen molar-refractivity contribution in [3.05, 3.63) is 40.1 Å². The van der Waals surface area contributed by atoms with Crippen molar-refractivity contribution >= 4 is 28.4 Å². The number of ether oxygens (including phenoxy) is 1. The van der Waals surface area contributed by atoms with Gasteiger partial charge < -0.3 is 10.5 Å². The molecule has 0 aliphatic carbocycles. The molecule has 0 amide bonds. The van der Waals surface area contributed by atoms with Crippen LogP contribution < -0.4 is 10.5 Å². The molecule has 7 heteroatoms. The Morgan fingerprint density at radius 2 is 1.89 bits per heavy atom. The number of hydrogen-bond donors (Lipinski definition) is 1. The first-order valence-corrected chi connectivity index (χ1v) is 6.20. The standard InChI is InChI=1S/C12H8F3IN2O/c13-12(14,15)19-9-3-1-2-7(4-9)8-5-10(16)11(17)18-6-8/h1-6H,(H2,17,18). The zero-order chi connectivity index (χ0) is 14.0. The Hall–Kier alpha value is -1.51. The van der Waals surface area contributed by atoms with E-state index in [1.165, 1.54) is 24.4 Å². The number of benzene rings is 1. The molecule has 0 aliphatic rings. The third-order valence-electron chi connectivity index (χ3n) is 2.27. The molecule has 2 N–H and O–H groups in total. The van der Waals surface area contributed by atoms with E-state index in [2.05, 4.69) is 9.72 Å². The minimum atomic E-state index is -4.70. The van der Waals surface area contributed by atoms with E-state index in [0.29, 0.717) is 16.9 Å². The van der Waals surface area contributed by atoms with Crippen LogP contribution in [0.5, 0.6) is 5.75 Å². The predicted octanol–water partition coefficient (Wildman–Crippen LogP) is 3.83. The minimum absolute atomic E-state index is 0.267. The molecule has 0 aliphatic heterocycles. The van der Waals surface area contributed by atoms with Gasteiger partial charge in [0.25, 0.3) is 0 Å². The van der Waals surface area contributed by atoms with E-state index in [-0.39, 0.29) is 5.75 Å². The molecule has 100 valence electrons. The van der Waals surface area contributed by atoms with Crippen LogP contribution in [-0.4, -0.2) is 11.3 Å². The zero-order valence-corrected chi connectivity index (χ0v) is 11.6. The van der Waals surface area contributed by atoms with Gasteiger partial charge in [-0.3, -0.25) is 0 Å². The molecule has 0 unspecified atom stereocenters. The smallest absolute Gasteiger partial charge is 0.406 e. The van der Waals surface area contributed by atoms with Gasteiger partial charge in [0.15, 0.2) is 0 Å². The molecule has 1 aromatic heterocycles. The van der Waals surface area contributed by atoms with Gasteiger partial charge in [0, 0.05) is 11.8 Å². The van der Waals surface area contributed by atoms with Crippen LogP contribution in [0.1, 0.15) is 0 Å². The summed E-state index contributed by atoms with van der Waals surface area (Å²) in [5, 5.41) is 0. The maximum atomic E-state index is 12.1. The Morgan fingerprint density at radius 1 is 1.16 bits per heavy atom. The predicted molar refractivity (Wildman–Crippen MR) is 73.5 cm³/mol. The summed E-state index contributed by atoms with van der Waals surface area (Å²) in [6.07, 6.45) is -3.20. The first kappa shape index (κ1) is 13.9. The highest BCUT2D eigenvalue weighted by Crippen LogP contribution is 2.29. The number of rotatable bonds is 2. The molecule has 3 nitrogen and oxygen atoms in total. The largest absolute Gasteiger partial charge is 0.573 e. The molecule has 2 aromatic rings. The van der Waals surface area contributed by atoms with Crippen LogP contribution in [0.15, 0.2) is 36.5 Å². The third-order valence-corrected chi connectivity index (χ3v) is 3.13. The van der Waals surface area contributed by atoms with Crippen LogP contribution >= 0.6 is 22.6 Å². The number of pyridine rings is 1. The summed E-state index contributed by atoms with van der Waals surface area (Å²) in [6, 6.07) is 7.45. The third kappa shape index (κ3) is 3.72. The lowest BCUT2D eigenvalue weighted by Gasteiger charge is -2.10. The highest BCUT2D eigenvalue weighted by molar-refractivity contribution is 14.1. The van der Waals surface area contributed by atoms with Gasteiger partial charge in [-0.05, 0) is 46.4 Å². The lowest BCUT2D eigenvalue weighted by molar-refractivity contribution is -0.274. The van der Waals surface area contributed by atoms with E-state index in [1.54, 1.807) is 12.1 Å². The SMILES string of the molecule is Nc1ncc(-c2cccc(OC(F)(F)F)c2)cc1I. The second kappa shape index (κ2) is 5.24. The summed E-state index contributed by atoms with van der Waals surface area (Å²) >= 11 is 2.01. The Morgan fingerprint density at radius 3 is 2.53 bits per heavy atom. The fourth-order valence-corrected chi connectivity index (χ4v) is 1.95. The molecular formula is C12H8F3IN2O. The maximum Gasteiger partial charge on any atom is 0.573 e. The van der Waals surface area contributed by atoms with Crippen molar-refractivity contribution in [2.45, 2.75) is 6.36 Å². The van der Waals surface area contributed by atoms with E-state index in [9.17, 15) is 13.2 Å². The summed E-state index contributed by atoms with van der Waals surface area (Å²) in [6.45, 7) is 0. The van der Waals surface area contributed by atoms with Gasteiger partial charge in [0.1, 0.15) is 11.6 Å². The number of halogens is 4. The number of nitrogens with two attached hydrogens (primary N) is 1. The quantitative estimate of drug-likeness (QED) is 0.806. The summed E-state index contributed by atoms with van der Waals surface area (Å²) in [7, 11) is 0. The summed E-state index contributed by atoms with van der Waals surface area (Å²) in [5.74, 6) is 0.115. The molecule has 1 heterocycles. The number of hydrogen-bond acceptors (Lipinski definition) is 3. The van der Waals surface area contributed by atoms with Gasteiger partial charge in [0.2, 0.25) is 0 Å². The molecule has 0 saturated carbocycles. The molecule has 0 fully saturated rings. The molecule has 19 heavy (non-hydrogen) atoms. The van der Waals surface area contributed by atoms with Crippen LogP contribution in [0.2, 0.25) is 0 Å². The van der Waals surface area contributed by atoms with E-state index in [0.717, 1.165) is 3.57 Å². The second-order valence-corrected chi connectivity index (χ2v) is 4.83. The van der Waals surface area contributed by atoms with Crippen LogP contribution in [-0.2, 0) is 0 Å². The van der Waals surface area contributed by atoms with Gasteiger partial charge in [-0.1, -0.05) is 12.1 Å². The van der Waals surface area contributed by atoms with Crippen LogP contribution in [0.3, 0.4) is 0 Å². The molecule has 0 atom stereocenters. The van der Waals surface area contributed by atoms with E-state index in [1.807, 2.05) is 22.6 Å². The van der Waals surface area contributed by atoms with Gasteiger partial charge >= 0.3 is 6.36 Å².